The van der Waals surface area contributed by atoms with Crippen molar-refractivity contribution in [2.75, 3.05) is 14.2 Å². The van der Waals surface area contributed by atoms with Gasteiger partial charge in [-0.05, 0) is 36.2 Å². The quantitative estimate of drug-likeness (QED) is 0.915. The van der Waals surface area contributed by atoms with E-state index < -0.39 is 5.82 Å². The molecule has 0 fully saturated rings. The Morgan fingerprint density at radius 2 is 1.76 bits per heavy atom. The van der Waals surface area contributed by atoms with E-state index in [0.29, 0.717) is 17.9 Å². The molecule has 0 saturated heterocycles. The highest BCUT2D eigenvalue weighted by molar-refractivity contribution is 6.30. The molecule has 112 valence electrons. The lowest BCUT2D eigenvalue weighted by Crippen LogP contribution is -2.15. The van der Waals surface area contributed by atoms with Crippen LogP contribution >= 0.6 is 11.6 Å². The first-order valence-electron chi connectivity index (χ1n) is 6.47. The van der Waals surface area contributed by atoms with Gasteiger partial charge in [0.1, 0.15) is 17.3 Å². The van der Waals surface area contributed by atoms with Crippen LogP contribution in [0.3, 0.4) is 0 Å². The van der Waals surface area contributed by atoms with Gasteiger partial charge in [-0.25, -0.2) is 4.39 Å². The van der Waals surface area contributed by atoms with Crippen LogP contribution in [0.1, 0.15) is 17.2 Å². The molecular weight excluding hydrogens is 293 g/mol. The number of benzene rings is 2. The molecule has 0 amide bonds. The molecule has 2 N–H and O–H groups in total. The Hall–Kier alpha value is -1.78. The van der Waals surface area contributed by atoms with E-state index in [4.69, 9.17) is 26.8 Å². The fourth-order valence-electron chi connectivity index (χ4n) is 2.27. The largest absolute Gasteiger partial charge is 0.496 e. The van der Waals surface area contributed by atoms with Gasteiger partial charge in [-0.1, -0.05) is 23.7 Å². The monoisotopic (exact) mass is 309 g/mol. The van der Waals surface area contributed by atoms with Crippen LogP contribution in [0.5, 0.6) is 11.5 Å². The third kappa shape index (κ3) is 3.46. The molecule has 0 spiro atoms. The summed E-state index contributed by atoms with van der Waals surface area (Å²) >= 11 is 5.68. The van der Waals surface area contributed by atoms with E-state index in [1.807, 2.05) is 18.2 Å². The van der Waals surface area contributed by atoms with Crippen molar-refractivity contribution in [3.05, 3.63) is 58.4 Å². The first-order valence-corrected chi connectivity index (χ1v) is 6.85. The van der Waals surface area contributed by atoms with E-state index in [0.717, 1.165) is 11.1 Å². The molecule has 0 radical (unpaired) electrons. The summed E-state index contributed by atoms with van der Waals surface area (Å²) in [5, 5.41) is 0.0993. The van der Waals surface area contributed by atoms with Crippen molar-refractivity contribution in [3.63, 3.8) is 0 Å². The molecule has 5 heteroatoms. The van der Waals surface area contributed by atoms with Crippen LogP contribution in [-0.2, 0) is 6.42 Å². The SMILES string of the molecule is COc1cccc(OC)c1C(N)Cc1ccc(Cl)c(F)c1. The minimum Gasteiger partial charge on any atom is -0.496 e. The summed E-state index contributed by atoms with van der Waals surface area (Å²) in [6.07, 6.45) is 0.449. The van der Waals surface area contributed by atoms with Crippen LogP contribution < -0.4 is 15.2 Å². The molecule has 2 aromatic carbocycles. The van der Waals surface area contributed by atoms with Gasteiger partial charge in [-0.3, -0.25) is 0 Å². The maximum Gasteiger partial charge on any atom is 0.142 e. The van der Waals surface area contributed by atoms with Gasteiger partial charge in [0.15, 0.2) is 0 Å². The standard InChI is InChI=1S/C16H17ClFNO2/c1-20-14-4-3-5-15(21-2)16(14)13(19)9-10-6-7-11(17)12(18)8-10/h3-8,13H,9,19H2,1-2H3. The van der Waals surface area contributed by atoms with Gasteiger partial charge in [-0.15, -0.1) is 0 Å². The number of hydrogen-bond acceptors (Lipinski definition) is 3. The van der Waals surface area contributed by atoms with Crippen LogP contribution in [-0.4, -0.2) is 14.2 Å². The van der Waals surface area contributed by atoms with Crippen LogP contribution in [0, 0.1) is 5.82 Å². The minimum atomic E-state index is -0.451. The first-order chi connectivity index (χ1) is 10.1. The molecule has 0 saturated carbocycles. The second-order valence-electron chi connectivity index (χ2n) is 4.64. The normalized spacial score (nSPS) is 12.0. The maximum absolute atomic E-state index is 13.5. The Morgan fingerprint density at radius 3 is 2.29 bits per heavy atom. The molecule has 1 atom stereocenters. The second-order valence-corrected chi connectivity index (χ2v) is 5.04. The van der Waals surface area contributed by atoms with Crippen LogP contribution in [0.15, 0.2) is 36.4 Å². The molecular formula is C16H17ClFNO2. The van der Waals surface area contributed by atoms with E-state index in [9.17, 15) is 4.39 Å². The molecule has 0 heterocycles. The predicted octanol–water partition coefficient (Wildman–Crippen LogP) is 3.74. The van der Waals surface area contributed by atoms with Crippen molar-refractivity contribution in [2.45, 2.75) is 12.5 Å². The highest BCUT2D eigenvalue weighted by atomic mass is 35.5. The minimum absolute atomic E-state index is 0.0993. The molecule has 2 aromatic rings. The maximum atomic E-state index is 13.5. The third-order valence-electron chi connectivity index (χ3n) is 3.28. The van der Waals surface area contributed by atoms with Gasteiger partial charge in [0.05, 0.1) is 24.8 Å². The fourth-order valence-corrected chi connectivity index (χ4v) is 2.39. The van der Waals surface area contributed by atoms with Gasteiger partial charge in [0.2, 0.25) is 0 Å². The van der Waals surface area contributed by atoms with E-state index in [-0.39, 0.29) is 11.1 Å². The Bertz CT molecular complexity index is 611. The number of ether oxygens (including phenoxy) is 2. The zero-order chi connectivity index (χ0) is 15.4. The van der Waals surface area contributed by atoms with Crippen LogP contribution in [0.4, 0.5) is 4.39 Å². The van der Waals surface area contributed by atoms with Gasteiger partial charge in [0, 0.05) is 6.04 Å². The molecule has 0 aliphatic rings. The predicted molar refractivity (Wildman–Crippen MR) is 81.6 cm³/mol. The highest BCUT2D eigenvalue weighted by Gasteiger charge is 2.18. The number of rotatable bonds is 5. The molecule has 0 aromatic heterocycles. The van der Waals surface area contributed by atoms with Crippen molar-refractivity contribution in [3.8, 4) is 11.5 Å². The molecule has 0 aliphatic heterocycles. The first kappa shape index (κ1) is 15.6. The lowest BCUT2D eigenvalue weighted by atomic mass is 9.98. The molecule has 21 heavy (non-hydrogen) atoms. The van der Waals surface area contributed by atoms with Crippen LogP contribution in [0.25, 0.3) is 0 Å². The highest BCUT2D eigenvalue weighted by Crippen LogP contribution is 2.34. The molecule has 1 unspecified atom stereocenters. The fraction of sp³-hybridized carbons (Fsp3) is 0.250. The zero-order valence-electron chi connectivity index (χ0n) is 11.9. The average molecular weight is 310 g/mol. The van der Waals surface area contributed by atoms with E-state index >= 15 is 0 Å². The number of hydrogen-bond donors (Lipinski definition) is 1. The Morgan fingerprint density at radius 1 is 1.14 bits per heavy atom. The topological polar surface area (TPSA) is 44.5 Å². The number of methoxy groups -OCH3 is 2. The van der Waals surface area contributed by atoms with Gasteiger partial charge < -0.3 is 15.2 Å². The lowest BCUT2D eigenvalue weighted by molar-refractivity contribution is 0.379. The van der Waals surface area contributed by atoms with Crippen molar-refractivity contribution < 1.29 is 13.9 Å². The van der Waals surface area contributed by atoms with E-state index in [2.05, 4.69) is 0 Å². The summed E-state index contributed by atoms with van der Waals surface area (Å²) in [7, 11) is 3.15. The second kappa shape index (κ2) is 6.78. The van der Waals surface area contributed by atoms with Gasteiger partial charge in [-0.2, -0.15) is 0 Å². The summed E-state index contributed by atoms with van der Waals surface area (Å²) in [5.41, 5.74) is 7.78. The average Bonchev–Trinajstić information content (AvgIpc) is 2.49. The summed E-state index contributed by atoms with van der Waals surface area (Å²) < 4.78 is 24.2. The number of halogens is 2. The molecule has 3 nitrogen and oxygen atoms in total. The van der Waals surface area contributed by atoms with Crippen molar-refractivity contribution in [1.29, 1.82) is 0 Å². The summed E-state index contributed by atoms with van der Waals surface area (Å²) in [6, 6.07) is 9.77. The summed E-state index contributed by atoms with van der Waals surface area (Å²) in [5.74, 6) is 0.848. The van der Waals surface area contributed by atoms with E-state index in [1.165, 1.54) is 12.1 Å². The zero-order valence-corrected chi connectivity index (χ0v) is 12.7. The van der Waals surface area contributed by atoms with Gasteiger partial charge in [0.25, 0.3) is 0 Å². The molecule has 0 aliphatic carbocycles. The third-order valence-corrected chi connectivity index (χ3v) is 3.58. The summed E-state index contributed by atoms with van der Waals surface area (Å²) in [6.45, 7) is 0. The molecule has 2 rings (SSSR count). The van der Waals surface area contributed by atoms with Crippen molar-refractivity contribution in [2.24, 2.45) is 5.73 Å². The van der Waals surface area contributed by atoms with Crippen molar-refractivity contribution in [1.82, 2.24) is 0 Å². The van der Waals surface area contributed by atoms with Crippen molar-refractivity contribution >= 4 is 11.6 Å². The Kier molecular flexibility index (Phi) is 5.04. The summed E-state index contributed by atoms with van der Waals surface area (Å²) in [4.78, 5) is 0. The smallest absolute Gasteiger partial charge is 0.142 e. The van der Waals surface area contributed by atoms with Gasteiger partial charge >= 0.3 is 0 Å². The molecule has 0 bridgehead atoms. The Balaban J connectivity index is 2.31. The van der Waals surface area contributed by atoms with E-state index in [1.54, 1.807) is 20.3 Å². The number of nitrogens with two attached hydrogens (primary N) is 1. The Labute approximate surface area is 128 Å². The lowest BCUT2D eigenvalue weighted by Gasteiger charge is -2.19. The van der Waals surface area contributed by atoms with Crippen LogP contribution in [0.2, 0.25) is 5.02 Å².